The lowest BCUT2D eigenvalue weighted by molar-refractivity contribution is 0.242. The van der Waals surface area contributed by atoms with Crippen LogP contribution in [0, 0.1) is 5.92 Å². The van der Waals surface area contributed by atoms with Crippen molar-refractivity contribution in [3.05, 3.63) is 12.2 Å². The molecule has 0 fully saturated rings. The molecule has 0 aliphatic carbocycles. The zero-order valence-electron chi connectivity index (χ0n) is 11.6. The Bertz CT molecular complexity index is 388. The highest BCUT2D eigenvalue weighted by atomic mass is 32.1. The summed E-state index contributed by atoms with van der Waals surface area (Å²) in [5.74, 6) is 1.55. The van der Waals surface area contributed by atoms with E-state index in [-0.39, 0.29) is 0 Å². The average molecular weight is 269 g/mol. The van der Waals surface area contributed by atoms with Gasteiger partial charge in [-0.1, -0.05) is 26.1 Å². The molecule has 0 radical (unpaired) electrons. The molecule has 0 spiro atoms. The van der Waals surface area contributed by atoms with Gasteiger partial charge in [0.15, 0.2) is 0 Å². The SMILES string of the molecule is CC(C)Cn1ncnc1CN(C)C(C)CC(N)=S. The van der Waals surface area contributed by atoms with Crippen molar-refractivity contribution in [3.8, 4) is 0 Å². The summed E-state index contributed by atoms with van der Waals surface area (Å²) < 4.78 is 1.97. The number of rotatable bonds is 7. The number of thiocarbonyl (C=S) groups is 1. The maximum Gasteiger partial charge on any atom is 0.141 e. The van der Waals surface area contributed by atoms with Crippen LogP contribution in [0.25, 0.3) is 0 Å². The van der Waals surface area contributed by atoms with Crippen LogP contribution >= 0.6 is 12.2 Å². The van der Waals surface area contributed by atoms with E-state index in [1.54, 1.807) is 6.33 Å². The summed E-state index contributed by atoms with van der Waals surface area (Å²) in [5, 5.41) is 4.26. The molecule has 0 amide bonds. The van der Waals surface area contributed by atoms with E-state index in [9.17, 15) is 0 Å². The molecule has 0 aliphatic rings. The molecule has 0 saturated heterocycles. The van der Waals surface area contributed by atoms with Crippen LogP contribution in [0.15, 0.2) is 6.33 Å². The number of aromatic nitrogens is 3. The fourth-order valence-corrected chi connectivity index (χ4v) is 1.98. The first-order valence-electron chi connectivity index (χ1n) is 6.25. The van der Waals surface area contributed by atoms with Gasteiger partial charge in [0.2, 0.25) is 0 Å². The molecule has 0 aromatic carbocycles. The summed E-state index contributed by atoms with van der Waals surface area (Å²) >= 11 is 4.94. The Morgan fingerprint density at radius 3 is 2.72 bits per heavy atom. The Balaban J connectivity index is 2.61. The van der Waals surface area contributed by atoms with Crippen LogP contribution in [0.2, 0.25) is 0 Å². The third-order valence-electron chi connectivity index (χ3n) is 2.87. The zero-order chi connectivity index (χ0) is 13.7. The summed E-state index contributed by atoms with van der Waals surface area (Å²) in [4.78, 5) is 7.07. The molecule has 1 aromatic heterocycles. The van der Waals surface area contributed by atoms with Crippen LogP contribution in [0.3, 0.4) is 0 Å². The molecular formula is C12H23N5S. The van der Waals surface area contributed by atoms with Gasteiger partial charge < -0.3 is 5.73 Å². The van der Waals surface area contributed by atoms with Crippen molar-refractivity contribution >= 4 is 17.2 Å². The fraction of sp³-hybridized carbons (Fsp3) is 0.750. The largest absolute Gasteiger partial charge is 0.393 e. The third kappa shape index (κ3) is 4.70. The van der Waals surface area contributed by atoms with E-state index in [0.717, 1.165) is 25.3 Å². The Morgan fingerprint density at radius 2 is 2.17 bits per heavy atom. The van der Waals surface area contributed by atoms with Gasteiger partial charge in [0.1, 0.15) is 12.2 Å². The minimum atomic E-state index is 0.312. The van der Waals surface area contributed by atoms with E-state index in [1.807, 2.05) is 4.68 Å². The summed E-state index contributed by atoms with van der Waals surface area (Å²) in [5.41, 5.74) is 5.57. The van der Waals surface area contributed by atoms with Gasteiger partial charge in [-0.2, -0.15) is 5.10 Å². The van der Waals surface area contributed by atoms with Crippen molar-refractivity contribution in [2.75, 3.05) is 7.05 Å². The van der Waals surface area contributed by atoms with Crippen molar-refractivity contribution in [3.63, 3.8) is 0 Å². The van der Waals surface area contributed by atoms with Crippen molar-refractivity contribution in [1.82, 2.24) is 19.7 Å². The van der Waals surface area contributed by atoms with E-state index < -0.39 is 0 Å². The summed E-state index contributed by atoms with van der Waals surface area (Å²) in [7, 11) is 2.05. The molecule has 1 aromatic rings. The number of hydrogen-bond acceptors (Lipinski definition) is 4. The quantitative estimate of drug-likeness (QED) is 0.759. The topological polar surface area (TPSA) is 60.0 Å². The Labute approximate surface area is 114 Å². The second-order valence-electron chi connectivity index (χ2n) is 5.19. The van der Waals surface area contributed by atoms with Crippen LogP contribution < -0.4 is 5.73 Å². The first-order valence-corrected chi connectivity index (χ1v) is 6.66. The fourth-order valence-electron chi connectivity index (χ4n) is 1.73. The predicted octanol–water partition coefficient (Wildman–Crippen LogP) is 1.43. The van der Waals surface area contributed by atoms with Gasteiger partial charge in [0.25, 0.3) is 0 Å². The maximum absolute atomic E-state index is 5.57. The Kier molecular flexibility index (Phi) is 5.68. The van der Waals surface area contributed by atoms with E-state index in [0.29, 0.717) is 16.9 Å². The molecule has 6 heteroatoms. The Hall–Kier alpha value is -1.01. The highest BCUT2D eigenvalue weighted by Crippen LogP contribution is 2.08. The van der Waals surface area contributed by atoms with Gasteiger partial charge >= 0.3 is 0 Å². The second-order valence-corrected chi connectivity index (χ2v) is 5.71. The molecular weight excluding hydrogens is 246 g/mol. The maximum atomic E-state index is 5.57. The molecule has 0 bridgehead atoms. The molecule has 0 saturated carbocycles. The first kappa shape index (κ1) is 15.0. The van der Waals surface area contributed by atoms with Gasteiger partial charge in [-0.3, -0.25) is 4.90 Å². The number of hydrogen-bond donors (Lipinski definition) is 1. The van der Waals surface area contributed by atoms with Crippen LogP contribution in [0.5, 0.6) is 0 Å². The lowest BCUT2D eigenvalue weighted by Crippen LogP contribution is -2.33. The van der Waals surface area contributed by atoms with Crippen LogP contribution in [-0.2, 0) is 13.1 Å². The zero-order valence-corrected chi connectivity index (χ0v) is 12.4. The highest BCUT2D eigenvalue weighted by molar-refractivity contribution is 7.80. The summed E-state index contributed by atoms with van der Waals surface area (Å²) in [6.45, 7) is 8.11. The van der Waals surface area contributed by atoms with Crippen LogP contribution in [0.4, 0.5) is 0 Å². The summed E-state index contributed by atoms with van der Waals surface area (Å²) in [6, 6.07) is 0.312. The van der Waals surface area contributed by atoms with Gasteiger partial charge in [-0.25, -0.2) is 9.67 Å². The minimum absolute atomic E-state index is 0.312. The average Bonchev–Trinajstić information content (AvgIpc) is 2.63. The molecule has 1 unspecified atom stereocenters. The number of nitrogens with two attached hydrogens (primary N) is 1. The summed E-state index contributed by atoms with van der Waals surface area (Å²) in [6.07, 6.45) is 2.34. The van der Waals surface area contributed by atoms with E-state index in [4.69, 9.17) is 18.0 Å². The predicted molar refractivity (Wildman–Crippen MR) is 77.2 cm³/mol. The van der Waals surface area contributed by atoms with Crippen molar-refractivity contribution < 1.29 is 0 Å². The standard InChI is InChI=1S/C12H23N5S/c1-9(2)6-17-12(14-8-15-17)7-16(4)10(3)5-11(13)18/h8-10H,5-7H2,1-4H3,(H2,13,18). The van der Waals surface area contributed by atoms with Crippen LogP contribution in [0.1, 0.15) is 33.0 Å². The molecule has 1 heterocycles. The normalized spacial score (nSPS) is 13.2. The number of nitrogens with zero attached hydrogens (tertiary/aromatic N) is 4. The molecule has 5 nitrogen and oxygen atoms in total. The van der Waals surface area contributed by atoms with E-state index >= 15 is 0 Å². The molecule has 18 heavy (non-hydrogen) atoms. The molecule has 2 N–H and O–H groups in total. The lowest BCUT2D eigenvalue weighted by Gasteiger charge is -2.24. The van der Waals surface area contributed by atoms with E-state index in [2.05, 4.69) is 42.8 Å². The van der Waals surface area contributed by atoms with E-state index in [1.165, 1.54) is 0 Å². The third-order valence-corrected chi connectivity index (χ3v) is 3.04. The molecule has 1 atom stereocenters. The van der Waals surface area contributed by atoms with Crippen molar-refractivity contribution in [1.29, 1.82) is 0 Å². The van der Waals surface area contributed by atoms with Gasteiger partial charge in [0, 0.05) is 19.0 Å². The van der Waals surface area contributed by atoms with Crippen molar-refractivity contribution in [2.45, 2.75) is 46.3 Å². The smallest absolute Gasteiger partial charge is 0.141 e. The second kappa shape index (κ2) is 6.80. The van der Waals surface area contributed by atoms with Crippen molar-refractivity contribution in [2.24, 2.45) is 11.7 Å². The lowest BCUT2D eigenvalue weighted by atomic mass is 10.2. The van der Waals surface area contributed by atoms with Crippen LogP contribution in [-0.4, -0.2) is 37.7 Å². The first-order chi connectivity index (χ1) is 8.40. The molecule has 102 valence electrons. The minimum Gasteiger partial charge on any atom is -0.393 e. The van der Waals surface area contributed by atoms with Gasteiger partial charge in [0.05, 0.1) is 11.5 Å². The van der Waals surface area contributed by atoms with Gasteiger partial charge in [-0.05, 0) is 19.9 Å². The highest BCUT2D eigenvalue weighted by Gasteiger charge is 2.14. The monoisotopic (exact) mass is 269 g/mol. The molecule has 1 rings (SSSR count). The molecule has 0 aliphatic heterocycles. The Morgan fingerprint density at radius 1 is 1.50 bits per heavy atom. The van der Waals surface area contributed by atoms with Gasteiger partial charge in [-0.15, -0.1) is 0 Å².